The highest BCUT2D eigenvalue weighted by Gasteiger charge is 2.32. The second-order valence-corrected chi connectivity index (χ2v) is 5.81. The highest BCUT2D eigenvalue weighted by atomic mass is 16.6. The van der Waals surface area contributed by atoms with Crippen molar-refractivity contribution in [1.29, 1.82) is 0 Å². The van der Waals surface area contributed by atoms with Crippen LogP contribution in [0, 0.1) is 0 Å². The first kappa shape index (κ1) is 16.2. The van der Waals surface area contributed by atoms with Crippen molar-refractivity contribution in [3.63, 3.8) is 0 Å². The number of carbonyl (C=O) groups excluding carboxylic acids is 1. The van der Waals surface area contributed by atoms with E-state index in [1.54, 1.807) is 4.90 Å². The molecule has 2 N–H and O–H groups in total. The topological polar surface area (TPSA) is 67.9 Å². The van der Waals surface area contributed by atoms with Crippen molar-refractivity contribution in [3.05, 3.63) is 60.2 Å². The Morgan fingerprint density at radius 1 is 1.17 bits per heavy atom. The average molecular weight is 323 g/mol. The number of amides is 1. The average Bonchev–Trinajstić information content (AvgIpc) is 3.05. The Bertz CT molecular complexity index is 726. The van der Waals surface area contributed by atoms with Gasteiger partial charge in [-0.15, -0.1) is 0 Å². The quantitative estimate of drug-likeness (QED) is 0.879. The van der Waals surface area contributed by atoms with E-state index < -0.39 is 0 Å². The van der Waals surface area contributed by atoms with Crippen LogP contribution in [0.2, 0.25) is 0 Å². The van der Waals surface area contributed by atoms with Gasteiger partial charge in [0.15, 0.2) is 0 Å². The molecule has 0 aliphatic carbocycles. The molecule has 1 saturated heterocycles. The molecule has 0 radical (unpaired) electrons. The molecule has 2 aromatic carbocycles. The molecule has 0 aromatic heterocycles. The van der Waals surface area contributed by atoms with Crippen LogP contribution in [-0.4, -0.2) is 42.8 Å². The van der Waals surface area contributed by atoms with E-state index >= 15 is 0 Å². The highest BCUT2D eigenvalue weighted by molar-refractivity contribution is 6.00. The molecule has 1 aliphatic heterocycles. The predicted octanol–water partition coefficient (Wildman–Crippen LogP) is 2.53. The molecule has 0 bridgehead atoms. The number of nitrogens with two attached hydrogens (primary N) is 1. The van der Waals surface area contributed by atoms with Crippen molar-refractivity contribution in [2.24, 2.45) is 10.9 Å². The van der Waals surface area contributed by atoms with Crippen LogP contribution in [0.4, 0.5) is 0 Å². The van der Waals surface area contributed by atoms with Gasteiger partial charge >= 0.3 is 0 Å². The van der Waals surface area contributed by atoms with Crippen LogP contribution in [0.3, 0.4) is 0 Å². The van der Waals surface area contributed by atoms with Crippen molar-refractivity contribution in [2.75, 3.05) is 20.2 Å². The fraction of sp³-hybridized carbons (Fsp3) is 0.263. The number of oxime groups is 1. The molecule has 5 heteroatoms. The molecule has 1 aliphatic rings. The zero-order valence-corrected chi connectivity index (χ0v) is 13.7. The Balaban J connectivity index is 1.79. The van der Waals surface area contributed by atoms with E-state index in [4.69, 9.17) is 10.6 Å². The molecular formula is C19H21N3O2. The molecule has 124 valence electrons. The molecule has 2 aromatic rings. The first-order valence-corrected chi connectivity index (χ1v) is 7.98. The van der Waals surface area contributed by atoms with Crippen LogP contribution < -0.4 is 5.73 Å². The summed E-state index contributed by atoms with van der Waals surface area (Å²) in [4.78, 5) is 19.4. The zero-order valence-electron chi connectivity index (χ0n) is 13.7. The number of hydrogen-bond acceptors (Lipinski definition) is 4. The standard InChI is InChI=1S/C19H21N3O2/c1-24-21-17-11-18(12-20)22(13-17)19(23)16-9-7-15(8-10-16)14-5-3-2-4-6-14/h2-10,18H,11-13,20H2,1H3/b21-17-/t18-/m0/s1. The molecule has 0 spiro atoms. The Morgan fingerprint density at radius 3 is 2.46 bits per heavy atom. The van der Waals surface area contributed by atoms with Crippen LogP contribution >= 0.6 is 0 Å². The molecule has 0 unspecified atom stereocenters. The summed E-state index contributed by atoms with van der Waals surface area (Å²) < 4.78 is 0. The molecule has 1 heterocycles. The molecule has 0 saturated carbocycles. The normalized spacial score (nSPS) is 18.8. The van der Waals surface area contributed by atoms with E-state index in [-0.39, 0.29) is 11.9 Å². The largest absolute Gasteiger partial charge is 0.399 e. The van der Waals surface area contributed by atoms with E-state index in [1.807, 2.05) is 42.5 Å². The lowest BCUT2D eigenvalue weighted by Crippen LogP contribution is -2.40. The lowest BCUT2D eigenvalue weighted by atomic mass is 10.0. The maximum atomic E-state index is 12.8. The third-order valence-corrected chi connectivity index (χ3v) is 4.26. The minimum absolute atomic E-state index is 0.0219. The third-order valence-electron chi connectivity index (χ3n) is 4.26. The van der Waals surface area contributed by atoms with Crippen molar-refractivity contribution in [2.45, 2.75) is 12.5 Å². The molecule has 3 rings (SSSR count). The molecular weight excluding hydrogens is 302 g/mol. The van der Waals surface area contributed by atoms with Crippen LogP contribution in [0.25, 0.3) is 11.1 Å². The molecule has 1 fully saturated rings. The van der Waals surface area contributed by atoms with Crippen molar-refractivity contribution < 1.29 is 9.63 Å². The van der Waals surface area contributed by atoms with Crippen LogP contribution in [0.5, 0.6) is 0 Å². The highest BCUT2D eigenvalue weighted by Crippen LogP contribution is 2.22. The third kappa shape index (κ3) is 3.31. The number of carbonyl (C=O) groups is 1. The molecule has 5 nitrogen and oxygen atoms in total. The van der Waals surface area contributed by atoms with Crippen LogP contribution in [-0.2, 0) is 4.84 Å². The smallest absolute Gasteiger partial charge is 0.254 e. The van der Waals surface area contributed by atoms with Gasteiger partial charge in [-0.25, -0.2) is 0 Å². The fourth-order valence-electron chi connectivity index (χ4n) is 3.02. The maximum absolute atomic E-state index is 12.8. The van der Waals surface area contributed by atoms with Gasteiger partial charge in [0.2, 0.25) is 0 Å². The second-order valence-electron chi connectivity index (χ2n) is 5.81. The monoisotopic (exact) mass is 323 g/mol. The Labute approximate surface area is 141 Å². The van der Waals surface area contributed by atoms with Crippen molar-refractivity contribution in [3.8, 4) is 11.1 Å². The summed E-state index contributed by atoms with van der Waals surface area (Å²) in [5.41, 5.74) is 9.54. The van der Waals surface area contributed by atoms with E-state index in [0.717, 1.165) is 16.8 Å². The van der Waals surface area contributed by atoms with Gasteiger partial charge in [-0.3, -0.25) is 4.79 Å². The number of benzene rings is 2. The van der Waals surface area contributed by atoms with Gasteiger partial charge in [-0.2, -0.15) is 0 Å². The van der Waals surface area contributed by atoms with Crippen LogP contribution in [0.15, 0.2) is 59.8 Å². The summed E-state index contributed by atoms with van der Waals surface area (Å²) in [5.74, 6) is -0.0219. The Kier molecular flexibility index (Phi) is 4.91. The van der Waals surface area contributed by atoms with Gasteiger partial charge in [-0.1, -0.05) is 47.6 Å². The zero-order chi connectivity index (χ0) is 16.9. The summed E-state index contributed by atoms with van der Waals surface area (Å²) in [6, 6.07) is 17.7. The second kappa shape index (κ2) is 7.27. The molecule has 1 atom stereocenters. The molecule has 24 heavy (non-hydrogen) atoms. The first-order valence-electron chi connectivity index (χ1n) is 7.98. The van der Waals surface area contributed by atoms with E-state index in [0.29, 0.717) is 25.1 Å². The van der Waals surface area contributed by atoms with Gasteiger partial charge in [0.05, 0.1) is 18.3 Å². The Morgan fingerprint density at radius 2 is 1.83 bits per heavy atom. The number of likely N-dealkylation sites (tertiary alicyclic amines) is 1. The van der Waals surface area contributed by atoms with Gasteiger partial charge < -0.3 is 15.5 Å². The minimum Gasteiger partial charge on any atom is -0.399 e. The summed E-state index contributed by atoms with van der Waals surface area (Å²) in [6.07, 6.45) is 0.665. The predicted molar refractivity (Wildman–Crippen MR) is 94.8 cm³/mol. The van der Waals surface area contributed by atoms with Crippen molar-refractivity contribution in [1.82, 2.24) is 4.90 Å². The minimum atomic E-state index is -0.0276. The first-order chi connectivity index (χ1) is 11.7. The Hall–Kier alpha value is -2.66. The SMILES string of the molecule is CO/N=C1/C[C@@H](CN)N(C(=O)c2ccc(-c3ccccc3)cc2)C1. The van der Waals surface area contributed by atoms with Crippen molar-refractivity contribution >= 4 is 11.6 Å². The number of rotatable bonds is 4. The van der Waals surface area contributed by atoms with Gasteiger partial charge in [0.25, 0.3) is 5.91 Å². The van der Waals surface area contributed by atoms with Gasteiger partial charge in [0.1, 0.15) is 7.11 Å². The summed E-state index contributed by atoms with van der Waals surface area (Å²) in [5, 5.41) is 3.97. The summed E-state index contributed by atoms with van der Waals surface area (Å²) in [6.45, 7) is 0.881. The van der Waals surface area contributed by atoms with E-state index in [2.05, 4.69) is 17.3 Å². The lowest BCUT2D eigenvalue weighted by molar-refractivity contribution is 0.0745. The van der Waals surface area contributed by atoms with E-state index in [9.17, 15) is 4.79 Å². The molecule has 1 amide bonds. The van der Waals surface area contributed by atoms with E-state index in [1.165, 1.54) is 7.11 Å². The van der Waals surface area contributed by atoms with Gasteiger partial charge in [-0.05, 0) is 23.3 Å². The number of hydrogen-bond donors (Lipinski definition) is 1. The fourth-order valence-corrected chi connectivity index (χ4v) is 3.02. The maximum Gasteiger partial charge on any atom is 0.254 e. The number of nitrogens with zero attached hydrogens (tertiary/aromatic N) is 2. The summed E-state index contributed by atoms with van der Waals surface area (Å²) >= 11 is 0. The van der Waals surface area contributed by atoms with Gasteiger partial charge in [0, 0.05) is 18.5 Å². The summed E-state index contributed by atoms with van der Waals surface area (Å²) in [7, 11) is 1.51. The lowest BCUT2D eigenvalue weighted by Gasteiger charge is -2.22. The van der Waals surface area contributed by atoms with Crippen LogP contribution in [0.1, 0.15) is 16.8 Å².